The van der Waals surface area contributed by atoms with Crippen molar-refractivity contribution in [2.75, 3.05) is 5.32 Å². The Bertz CT molecular complexity index is 1040. The number of rotatable bonds is 6. The van der Waals surface area contributed by atoms with Crippen LogP contribution in [0.4, 0.5) is 5.69 Å². The van der Waals surface area contributed by atoms with E-state index in [4.69, 9.17) is 10.2 Å². The van der Waals surface area contributed by atoms with Crippen molar-refractivity contribution in [3.63, 3.8) is 0 Å². The molecule has 1 aliphatic carbocycles. The lowest BCUT2D eigenvalue weighted by Crippen LogP contribution is -2.22. The van der Waals surface area contributed by atoms with Crippen LogP contribution in [-0.4, -0.2) is 25.9 Å². The summed E-state index contributed by atoms with van der Waals surface area (Å²) in [6.45, 7) is 1.83. The Balaban J connectivity index is 1.49. The molecule has 1 amide bonds. The molecule has 1 N–H and O–H groups in total. The molecule has 1 aromatic heterocycles. The van der Waals surface area contributed by atoms with E-state index in [0.717, 1.165) is 24.4 Å². The number of thioether (sulfide) groups is 1. The maximum absolute atomic E-state index is 12.5. The monoisotopic (exact) mass is 389 g/mol. The summed E-state index contributed by atoms with van der Waals surface area (Å²) >= 11 is 1.34. The van der Waals surface area contributed by atoms with Crippen LogP contribution in [0, 0.1) is 11.3 Å². The Labute approximate surface area is 167 Å². The van der Waals surface area contributed by atoms with Crippen LogP contribution in [0.3, 0.4) is 0 Å². The fourth-order valence-electron chi connectivity index (χ4n) is 2.84. The predicted octanol–water partition coefficient (Wildman–Crippen LogP) is 4.14. The largest absolute Gasteiger partial charge is 0.325 e. The van der Waals surface area contributed by atoms with E-state index < -0.39 is 0 Å². The molecule has 6 nitrogen and oxygen atoms in total. The normalized spacial score (nSPS) is 14.3. The summed E-state index contributed by atoms with van der Waals surface area (Å²) in [4.78, 5) is 17.2. The minimum Gasteiger partial charge on any atom is -0.325 e. The average molecular weight is 389 g/mol. The van der Waals surface area contributed by atoms with E-state index in [1.807, 2.05) is 41.9 Å². The summed E-state index contributed by atoms with van der Waals surface area (Å²) in [6, 6.07) is 18.9. The standard InChI is InChI=1S/C21H19N5OS/c1-14(20(27)23-17-7-5-6-15(12-17)13-22)28-21-24-19(16-10-11-16)26(25-21)18-8-3-2-4-9-18/h2-9,12,14,16H,10-11H2,1H3,(H,23,27). The Kier molecular flexibility index (Phi) is 5.13. The molecule has 4 rings (SSSR count). The number of para-hydroxylation sites is 1. The summed E-state index contributed by atoms with van der Waals surface area (Å²) in [6.07, 6.45) is 2.25. The van der Waals surface area contributed by atoms with Crippen LogP contribution >= 0.6 is 11.8 Å². The summed E-state index contributed by atoms with van der Waals surface area (Å²) in [5.74, 6) is 1.26. The lowest BCUT2D eigenvalue weighted by molar-refractivity contribution is -0.115. The highest BCUT2D eigenvalue weighted by Gasteiger charge is 2.31. The van der Waals surface area contributed by atoms with E-state index >= 15 is 0 Å². The van der Waals surface area contributed by atoms with Gasteiger partial charge in [0.25, 0.3) is 0 Å². The predicted molar refractivity (Wildman–Crippen MR) is 108 cm³/mol. The minimum atomic E-state index is -0.371. The highest BCUT2D eigenvalue weighted by molar-refractivity contribution is 8.00. The van der Waals surface area contributed by atoms with E-state index in [2.05, 4.69) is 16.5 Å². The second kappa shape index (κ2) is 7.87. The van der Waals surface area contributed by atoms with Gasteiger partial charge in [0, 0.05) is 11.6 Å². The van der Waals surface area contributed by atoms with Crippen molar-refractivity contribution in [2.45, 2.75) is 36.1 Å². The van der Waals surface area contributed by atoms with Gasteiger partial charge < -0.3 is 5.32 Å². The average Bonchev–Trinajstić information content (AvgIpc) is 3.49. The molecule has 1 fully saturated rings. The van der Waals surface area contributed by atoms with Gasteiger partial charge in [-0.1, -0.05) is 36.0 Å². The molecule has 0 spiro atoms. The van der Waals surface area contributed by atoms with Gasteiger partial charge in [-0.25, -0.2) is 9.67 Å². The first-order valence-electron chi connectivity index (χ1n) is 9.14. The van der Waals surface area contributed by atoms with Crippen LogP contribution in [0.2, 0.25) is 0 Å². The number of nitriles is 1. The first kappa shape index (κ1) is 18.3. The Hall–Kier alpha value is -3.11. The van der Waals surface area contributed by atoms with Gasteiger partial charge in [0.1, 0.15) is 5.82 Å². The molecule has 1 aliphatic rings. The molecule has 1 saturated carbocycles. The van der Waals surface area contributed by atoms with Crippen molar-refractivity contribution in [1.82, 2.24) is 14.8 Å². The summed E-state index contributed by atoms with van der Waals surface area (Å²) in [7, 11) is 0. The second-order valence-corrected chi connectivity index (χ2v) is 8.02. The Morgan fingerprint density at radius 1 is 1.25 bits per heavy atom. The van der Waals surface area contributed by atoms with Crippen molar-refractivity contribution >= 4 is 23.4 Å². The summed E-state index contributed by atoms with van der Waals surface area (Å²) < 4.78 is 1.89. The molecular weight excluding hydrogens is 370 g/mol. The van der Waals surface area contributed by atoms with Crippen LogP contribution < -0.4 is 5.32 Å². The molecule has 1 atom stereocenters. The number of amides is 1. The van der Waals surface area contributed by atoms with Crippen molar-refractivity contribution < 1.29 is 4.79 Å². The Morgan fingerprint density at radius 2 is 2.04 bits per heavy atom. The van der Waals surface area contributed by atoms with Gasteiger partial charge in [0.2, 0.25) is 11.1 Å². The van der Waals surface area contributed by atoms with Crippen molar-refractivity contribution in [2.24, 2.45) is 0 Å². The van der Waals surface area contributed by atoms with Gasteiger partial charge >= 0.3 is 0 Å². The summed E-state index contributed by atoms with van der Waals surface area (Å²) in [5.41, 5.74) is 2.10. The molecular formula is C21H19N5OS. The van der Waals surface area contributed by atoms with Gasteiger partial charge in [-0.3, -0.25) is 4.79 Å². The number of nitrogens with zero attached hydrogens (tertiary/aromatic N) is 4. The molecule has 0 bridgehead atoms. The van der Waals surface area contributed by atoms with Crippen LogP contribution in [0.5, 0.6) is 0 Å². The third-order valence-electron chi connectivity index (χ3n) is 4.47. The smallest absolute Gasteiger partial charge is 0.237 e. The first-order valence-corrected chi connectivity index (χ1v) is 10.0. The molecule has 140 valence electrons. The molecule has 3 aromatic rings. The maximum atomic E-state index is 12.5. The number of benzene rings is 2. The van der Waals surface area contributed by atoms with Crippen LogP contribution in [0.25, 0.3) is 5.69 Å². The fourth-order valence-corrected chi connectivity index (χ4v) is 3.60. The minimum absolute atomic E-state index is 0.149. The van der Waals surface area contributed by atoms with E-state index in [9.17, 15) is 4.79 Å². The zero-order chi connectivity index (χ0) is 19.5. The van der Waals surface area contributed by atoms with Gasteiger partial charge in [-0.15, -0.1) is 5.10 Å². The molecule has 28 heavy (non-hydrogen) atoms. The SMILES string of the molecule is CC(Sc1nc(C2CC2)n(-c2ccccc2)n1)C(=O)Nc1cccc(C#N)c1. The third kappa shape index (κ3) is 4.07. The Morgan fingerprint density at radius 3 is 2.75 bits per heavy atom. The van der Waals surface area contributed by atoms with Crippen molar-refractivity contribution in [1.29, 1.82) is 5.26 Å². The molecule has 0 aliphatic heterocycles. The number of hydrogen-bond acceptors (Lipinski definition) is 5. The van der Waals surface area contributed by atoms with Gasteiger partial charge in [-0.05, 0) is 50.1 Å². The summed E-state index contributed by atoms with van der Waals surface area (Å²) in [5, 5.41) is 16.7. The molecule has 0 radical (unpaired) electrons. The number of carbonyl (C=O) groups excluding carboxylic acids is 1. The van der Waals surface area contributed by atoms with Gasteiger partial charge in [0.05, 0.1) is 22.6 Å². The van der Waals surface area contributed by atoms with Crippen LogP contribution in [0.15, 0.2) is 59.8 Å². The molecule has 0 saturated heterocycles. The quantitative estimate of drug-likeness (QED) is 0.641. The van der Waals surface area contributed by atoms with Crippen molar-refractivity contribution in [3.8, 4) is 11.8 Å². The molecule has 7 heteroatoms. The van der Waals surface area contributed by atoms with E-state index in [-0.39, 0.29) is 11.2 Å². The maximum Gasteiger partial charge on any atom is 0.237 e. The molecule has 2 aromatic carbocycles. The van der Waals surface area contributed by atoms with Crippen LogP contribution in [-0.2, 0) is 4.79 Å². The zero-order valence-corrected chi connectivity index (χ0v) is 16.2. The van der Waals surface area contributed by atoms with Crippen molar-refractivity contribution in [3.05, 3.63) is 66.0 Å². The number of carbonyl (C=O) groups is 1. The zero-order valence-electron chi connectivity index (χ0n) is 15.4. The molecule has 1 heterocycles. The van der Waals surface area contributed by atoms with Gasteiger partial charge in [-0.2, -0.15) is 5.26 Å². The number of nitrogens with one attached hydrogen (secondary N) is 1. The van der Waals surface area contributed by atoms with Gasteiger partial charge in [0.15, 0.2) is 0 Å². The fraction of sp³-hybridized carbons (Fsp3) is 0.238. The number of anilines is 1. The first-order chi connectivity index (χ1) is 13.6. The highest BCUT2D eigenvalue weighted by atomic mass is 32.2. The lowest BCUT2D eigenvalue weighted by Gasteiger charge is -2.10. The lowest BCUT2D eigenvalue weighted by atomic mass is 10.2. The highest BCUT2D eigenvalue weighted by Crippen LogP contribution is 2.40. The van der Waals surface area contributed by atoms with E-state index in [1.54, 1.807) is 24.3 Å². The van der Waals surface area contributed by atoms with Crippen LogP contribution in [0.1, 0.15) is 37.1 Å². The number of hydrogen-bond donors (Lipinski definition) is 1. The van der Waals surface area contributed by atoms with E-state index in [0.29, 0.717) is 22.3 Å². The topological polar surface area (TPSA) is 83.6 Å². The second-order valence-electron chi connectivity index (χ2n) is 6.72. The van der Waals surface area contributed by atoms with E-state index in [1.165, 1.54) is 11.8 Å². The number of aromatic nitrogens is 3. The third-order valence-corrected chi connectivity index (χ3v) is 5.42. The molecule has 1 unspecified atom stereocenters.